The zero-order valence-corrected chi connectivity index (χ0v) is 15.1. The van der Waals surface area contributed by atoms with Crippen molar-refractivity contribution in [3.63, 3.8) is 0 Å². The summed E-state index contributed by atoms with van der Waals surface area (Å²) >= 11 is 0. The van der Waals surface area contributed by atoms with Crippen molar-refractivity contribution in [3.8, 4) is 0 Å². The number of rotatable bonds is 6. The third-order valence-electron chi connectivity index (χ3n) is 4.11. The number of hydrogen-bond acceptors (Lipinski definition) is 3. The molecular formula is C19H25F3N2O2. The topological polar surface area (TPSA) is 32.8 Å². The molecule has 1 saturated heterocycles. The van der Waals surface area contributed by atoms with Crippen molar-refractivity contribution >= 4 is 5.91 Å². The van der Waals surface area contributed by atoms with Gasteiger partial charge < -0.3 is 9.64 Å². The van der Waals surface area contributed by atoms with Gasteiger partial charge in [-0.3, -0.25) is 9.69 Å². The average molecular weight is 370 g/mol. The van der Waals surface area contributed by atoms with Gasteiger partial charge >= 0.3 is 6.18 Å². The van der Waals surface area contributed by atoms with Crippen LogP contribution in [0.25, 0.3) is 0 Å². The normalized spacial score (nSPS) is 21.4. The van der Waals surface area contributed by atoms with Gasteiger partial charge in [-0.15, -0.1) is 6.58 Å². The Bertz CT molecular complexity index is 606. The molecule has 1 aromatic rings. The lowest BCUT2D eigenvalue weighted by molar-refractivity contribution is -0.139. The van der Waals surface area contributed by atoms with Crippen LogP contribution in [0.4, 0.5) is 13.2 Å². The average Bonchev–Trinajstić information content (AvgIpc) is 2.52. The highest BCUT2D eigenvalue weighted by Crippen LogP contribution is 2.19. The van der Waals surface area contributed by atoms with Crippen LogP contribution in [0.5, 0.6) is 0 Å². The first-order valence-electron chi connectivity index (χ1n) is 8.61. The van der Waals surface area contributed by atoms with Crippen LogP contribution in [0.1, 0.15) is 29.8 Å². The van der Waals surface area contributed by atoms with Gasteiger partial charge in [-0.25, -0.2) is 0 Å². The fourth-order valence-corrected chi connectivity index (χ4v) is 3.20. The minimum absolute atomic E-state index is 0.149. The SMILES string of the molecule is C=CCN(CC(F)(F)F)C(=O)c1ccc(CN2CC(C)OC(C)C2)cc1. The summed E-state index contributed by atoms with van der Waals surface area (Å²) in [7, 11) is 0. The number of amides is 1. The van der Waals surface area contributed by atoms with Gasteiger partial charge in [-0.2, -0.15) is 13.2 Å². The molecule has 144 valence electrons. The first-order valence-corrected chi connectivity index (χ1v) is 8.61. The summed E-state index contributed by atoms with van der Waals surface area (Å²) in [6.45, 7) is 8.40. The molecule has 0 aromatic heterocycles. The molecule has 7 heteroatoms. The first-order chi connectivity index (χ1) is 12.2. The van der Waals surface area contributed by atoms with Gasteiger partial charge in [0.2, 0.25) is 0 Å². The highest BCUT2D eigenvalue weighted by atomic mass is 19.4. The van der Waals surface area contributed by atoms with E-state index in [-0.39, 0.29) is 24.3 Å². The molecule has 0 bridgehead atoms. The van der Waals surface area contributed by atoms with Crippen molar-refractivity contribution in [2.75, 3.05) is 26.2 Å². The van der Waals surface area contributed by atoms with E-state index in [1.54, 1.807) is 24.3 Å². The van der Waals surface area contributed by atoms with E-state index in [1.807, 2.05) is 13.8 Å². The molecule has 1 aliphatic heterocycles. The van der Waals surface area contributed by atoms with Crippen LogP contribution in [0.3, 0.4) is 0 Å². The number of halogens is 3. The summed E-state index contributed by atoms with van der Waals surface area (Å²) in [5, 5.41) is 0. The quantitative estimate of drug-likeness (QED) is 0.719. The molecule has 1 heterocycles. The number of nitrogens with zero attached hydrogens (tertiary/aromatic N) is 2. The molecule has 1 aliphatic rings. The lowest BCUT2D eigenvalue weighted by Gasteiger charge is -2.35. The van der Waals surface area contributed by atoms with Crippen LogP contribution in [-0.4, -0.2) is 60.3 Å². The third-order valence-corrected chi connectivity index (χ3v) is 4.11. The van der Waals surface area contributed by atoms with E-state index in [4.69, 9.17) is 4.74 Å². The lowest BCUT2D eigenvalue weighted by Crippen LogP contribution is -2.44. The van der Waals surface area contributed by atoms with Crippen molar-refractivity contribution in [1.29, 1.82) is 0 Å². The van der Waals surface area contributed by atoms with E-state index in [9.17, 15) is 18.0 Å². The second-order valence-electron chi connectivity index (χ2n) is 6.74. The van der Waals surface area contributed by atoms with Crippen LogP contribution in [0.2, 0.25) is 0 Å². The van der Waals surface area contributed by atoms with E-state index in [0.717, 1.165) is 23.6 Å². The molecular weight excluding hydrogens is 345 g/mol. The Hall–Kier alpha value is -1.86. The third kappa shape index (κ3) is 6.14. The fourth-order valence-electron chi connectivity index (χ4n) is 3.20. The molecule has 2 atom stereocenters. The van der Waals surface area contributed by atoms with Crippen molar-refractivity contribution in [1.82, 2.24) is 9.80 Å². The number of carbonyl (C=O) groups is 1. The number of ether oxygens (including phenoxy) is 1. The smallest absolute Gasteiger partial charge is 0.373 e. The van der Waals surface area contributed by atoms with Crippen LogP contribution < -0.4 is 0 Å². The Morgan fingerprint density at radius 3 is 2.35 bits per heavy atom. The Morgan fingerprint density at radius 2 is 1.85 bits per heavy atom. The summed E-state index contributed by atoms with van der Waals surface area (Å²) in [6, 6.07) is 6.74. The summed E-state index contributed by atoms with van der Waals surface area (Å²) < 4.78 is 43.6. The van der Waals surface area contributed by atoms with E-state index < -0.39 is 18.6 Å². The number of hydrogen-bond donors (Lipinski definition) is 0. The highest BCUT2D eigenvalue weighted by molar-refractivity contribution is 5.94. The van der Waals surface area contributed by atoms with Gasteiger partial charge in [0.1, 0.15) is 6.54 Å². The molecule has 0 N–H and O–H groups in total. The maximum atomic E-state index is 12.6. The maximum absolute atomic E-state index is 12.6. The molecule has 0 aliphatic carbocycles. The van der Waals surface area contributed by atoms with Crippen LogP contribution in [-0.2, 0) is 11.3 Å². The van der Waals surface area contributed by atoms with E-state index >= 15 is 0 Å². The summed E-state index contributed by atoms with van der Waals surface area (Å²) in [5.41, 5.74) is 1.25. The molecule has 2 rings (SSSR count). The molecule has 0 radical (unpaired) electrons. The highest BCUT2D eigenvalue weighted by Gasteiger charge is 2.32. The Labute approximate surface area is 152 Å². The Morgan fingerprint density at radius 1 is 1.27 bits per heavy atom. The minimum Gasteiger partial charge on any atom is -0.373 e. The molecule has 0 spiro atoms. The Balaban J connectivity index is 2.03. The van der Waals surface area contributed by atoms with Gasteiger partial charge in [0.15, 0.2) is 0 Å². The van der Waals surface area contributed by atoms with Crippen molar-refractivity contribution in [2.45, 2.75) is 38.8 Å². The lowest BCUT2D eigenvalue weighted by atomic mass is 10.1. The molecule has 4 nitrogen and oxygen atoms in total. The molecule has 0 saturated carbocycles. The predicted molar refractivity (Wildman–Crippen MR) is 93.9 cm³/mol. The molecule has 1 amide bonds. The van der Waals surface area contributed by atoms with Gasteiger partial charge in [-0.1, -0.05) is 18.2 Å². The maximum Gasteiger partial charge on any atom is 0.406 e. The fraction of sp³-hybridized carbons (Fsp3) is 0.526. The summed E-state index contributed by atoms with van der Waals surface area (Å²) in [6.07, 6.45) is -2.83. The molecule has 26 heavy (non-hydrogen) atoms. The summed E-state index contributed by atoms with van der Waals surface area (Å²) in [5.74, 6) is -0.651. The number of morpholine rings is 1. The molecule has 1 fully saturated rings. The number of benzene rings is 1. The standard InChI is InChI=1S/C19H25F3N2O2/c1-4-9-24(13-19(20,21)22)18(25)17-7-5-16(6-8-17)12-23-10-14(2)26-15(3)11-23/h4-8,14-15H,1,9-13H2,2-3H3. The summed E-state index contributed by atoms with van der Waals surface area (Å²) in [4.78, 5) is 15.4. The second-order valence-corrected chi connectivity index (χ2v) is 6.74. The zero-order valence-electron chi connectivity index (χ0n) is 15.1. The minimum atomic E-state index is -4.44. The largest absolute Gasteiger partial charge is 0.406 e. The number of alkyl halides is 3. The van der Waals surface area contributed by atoms with Gasteiger partial charge in [0.25, 0.3) is 5.91 Å². The van der Waals surface area contributed by atoms with Gasteiger partial charge in [0, 0.05) is 31.7 Å². The van der Waals surface area contributed by atoms with Crippen molar-refractivity contribution in [3.05, 3.63) is 48.0 Å². The van der Waals surface area contributed by atoms with Gasteiger partial charge in [0.05, 0.1) is 12.2 Å². The van der Waals surface area contributed by atoms with E-state index in [0.29, 0.717) is 6.54 Å². The predicted octanol–water partition coefficient (Wildman–Crippen LogP) is 3.49. The van der Waals surface area contributed by atoms with Crippen molar-refractivity contribution < 1.29 is 22.7 Å². The monoisotopic (exact) mass is 370 g/mol. The number of carbonyl (C=O) groups excluding carboxylic acids is 1. The van der Waals surface area contributed by atoms with E-state index in [1.165, 1.54) is 6.08 Å². The second kappa shape index (κ2) is 8.68. The molecule has 1 aromatic carbocycles. The van der Waals surface area contributed by atoms with Crippen LogP contribution in [0, 0.1) is 0 Å². The van der Waals surface area contributed by atoms with Gasteiger partial charge in [-0.05, 0) is 31.5 Å². The molecule has 2 unspecified atom stereocenters. The van der Waals surface area contributed by atoms with Crippen LogP contribution >= 0.6 is 0 Å². The zero-order chi connectivity index (χ0) is 19.3. The Kier molecular flexibility index (Phi) is 6.83. The van der Waals surface area contributed by atoms with Crippen molar-refractivity contribution in [2.24, 2.45) is 0 Å². The van der Waals surface area contributed by atoms with Crippen LogP contribution in [0.15, 0.2) is 36.9 Å². The van der Waals surface area contributed by atoms with E-state index in [2.05, 4.69) is 11.5 Å². The first kappa shape index (κ1) is 20.5.